The zero-order valence-corrected chi connectivity index (χ0v) is 10.0. The average Bonchev–Trinajstić information content (AvgIpc) is 2.74. The van der Waals surface area contributed by atoms with E-state index in [0.29, 0.717) is 11.0 Å². The van der Waals surface area contributed by atoms with Crippen LogP contribution in [0.5, 0.6) is 0 Å². The van der Waals surface area contributed by atoms with Crippen LogP contribution < -0.4 is 5.32 Å². The summed E-state index contributed by atoms with van der Waals surface area (Å²) in [6.07, 6.45) is 8.64. The first-order valence-electron chi connectivity index (χ1n) is 6.31. The highest BCUT2D eigenvalue weighted by Crippen LogP contribution is 2.48. The van der Waals surface area contributed by atoms with Crippen LogP contribution in [0, 0.1) is 11.3 Å². The molecule has 1 aliphatic heterocycles. The standard InChI is InChI=1S/C13H25N/c1-12(2,3)13(9-6-10-14-13)11-7-4-5-8-11/h11,14H,4-10H2,1-3H3. The Morgan fingerprint density at radius 3 is 2.14 bits per heavy atom. The van der Waals surface area contributed by atoms with Gasteiger partial charge in [-0.1, -0.05) is 33.6 Å². The predicted molar refractivity (Wildman–Crippen MR) is 61.4 cm³/mol. The molecule has 1 saturated carbocycles. The molecular weight excluding hydrogens is 170 g/mol. The van der Waals surface area contributed by atoms with E-state index in [2.05, 4.69) is 26.1 Å². The van der Waals surface area contributed by atoms with Gasteiger partial charge in [-0.25, -0.2) is 0 Å². The molecule has 2 rings (SSSR count). The maximum absolute atomic E-state index is 3.85. The van der Waals surface area contributed by atoms with E-state index in [0.717, 1.165) is 5.92 Å². The molecular formula is C13H25N. The van der Waals surface area contributed by atoms with Gasteiger partial charge in [-0.3, -0.25) is 0 Å². The first-order valence-corrected chi connectivity index (χ1v) is 6.31. The molecule has 1 nitrogen and oxygen atoms in total. The molecule has 0 spiro atoms. The number of hydrogen-bond donors (Lipinski definition) is 1. The third-order valence-electron chi connectivity index (χ3n) is 4.58. The van der Waals surface area contributed by atoms with E-state index in [1.54, 1.807) is 0 Å². The Balaban J connectivity index is 2.21. The van der Waals surface area contributed by atoms with Crippen LogP contribution in [-0.2, 0) is 0 Å². The lowest BCUT2D eigenvalue weighted by Gasteiger charge is -2.47. The summed E-state index contributed by atoms with van der Waals surface area (Å²) >= 11 is 0. The van der Waals surface area contributed by atoms with Gasteiger partial charge in [0.25, 0.3) is 0 Å². The summed E-state index contributed by atoms with van der Waals surface area (Å²) in [6.45, 7) is 8.50. The molecule has 0 amide bonds. The van der Waals surface area contributed by atoms with Crippen LogP contribution in [0.15, 0.2) is 0 Å². The van der Waals surface area contributed by atoms with Crippen LogP contribution in [0.1, 0.15) is 59.3 Å². The fourth-order valence-electron chi connectivity index (χ4n) is 3.79. The molecule has 1 aliphatic carbocycles. The van der Waals surface area contributed by atoms with Crippen molar-refractivity contribution in [2.75, 3.05) is 6.54 Å². The van der Waals surface area contributed by atoms with Gasteiger partial charge in [0.2, 0.25) is 0 Å². The van der Waals surface area contributed by atoms with Gasteiger partial charge in [0, 0.05) is 5.54 Å². The maximum atomic E-state index is 3.85. The van der Waals surface area contributed by atoms with Crippen LogP contribution in [0.2, 0.25) is 0 Å². The van der Waals surface area contributed by atoms with Gasteiger partial charge < -0.3 is 5.32 Å². The highest BCUT2D eigenvalue weighted by molar-refractivity contribution is 5.06. The fraction of sp³-hybridized carbons (Fsp3) is 1.00. The summed E-state index contributed by atoms with van der Waals surface area (Å²) in [6, 6.07) is 0. The van der Waals surface area contributed by atoms with Crippen LogP contribution in [0.25, 0.3) is 0 Å². The fourth-order valence-corrected chi connectivity index (χ4v) is 3.79. The summed E-state index contributed by atoms with van der Waals surface area (Å²) in [5.41, 5.74) is 0.891. The lowest BCUT2D eigenvalue weighted by atomic mass is 9.65. The lowest BCUT2D eigenvalue weighted by molar-refractivity contribution is 0.0894. The van der Waals surface area contributed by atoms with E-state index >= 15 is 0 Å². The Kier molecular flexibility index (Phi) is 2.63. The third kappa shape index (κ3) is 1.50. The van der Waals surface area contributed by atoms with Gasteiger partial charge in [-0.2, -0.15) is 0 Å². The Morgan fingerprint density at radius 2 is 1.71 bits per heavy atom. The summed E-state index contributed by atoms with van der Waals surface area (Å²) in [5, 5.41) is 3.85. The first-order chi connectivity index (χ1) is 6.56. The minimum absolute atomic E-state index is 0.429. The predicted octanol–water partition coefficient (Wildman–Crippen LogP) is 3.34. The smallest absolute Gasteiger partial charge is 0.0258 e. The van der Waals surface area contributed by atoms with E-state index in [1.165, 1.54) is 45.1 Å². The molecule has 1 heterocycles. The van der Waals surface area contributed by atoms with Gasteiger partial charge in [0.05, 0.1) is 0 Å². The second-order valence-electron chi connectivity index (χ2n) is 6.23. The number of hydrogen-bond acceptors (Lipinski definition) is 1. The van der Waals surface area contributed by atoms with Crippen LogP contribution in [0.3, 0.4) is 0 Å². The van der Waals surface area contributed by atoms with Gasteiger partial charge >= 0.3 is 0 Å². The minimum atomic E-state index is 0.429. The topological polar surface area (TPSA) is 12.0 Å². The molecule has 82 valence electrons. The molecule has 0 aromatic carbocycles. The van der Waals surface area contributed by atoms with Crippen molar-refractivity contribution < 1.29 is 0 Å². The zero-order chi connectivity index (χ0) is 10.2. The summed E-state index contributed by atoms with van der Waals surface area (Å²) < 4.78 is 0. The molecule has 0 bridgehead atoms. The maximum Gasteiger partial charge on any atom is 0.0258 e. The highest BCUT2D eigenvalue weighted by atomic mass is 15.0. The summed E-state index contributed by atoms with van der Waals surface area (Å²) in [4.78, 5) is 0. The van der Waals surface area contributed by atoms with Crippen molar-refractivity contribution in [2.24, 2.45) is 11.3 Å². The third-order valence-corrected chi connectivity index (χ3v) is 4.58. The molecule has 14 heavy (non-hydrogen) atoms. The molecule has 1 N–H and O–H groups in total. The van der Waals surface area contributed by atoms with Gasteiger partial charge in [-0.15, -0.1) is 0 Å². The molecule has 1 heteroatoms. The van der Waals surface area contributed by atoms with Crippen molar-refractivity contribution in [3.05, 3.63) is 0 Å². The molecule has 1 saturated heterocycles. The molecule has 2 fully saturated rings. The summed E-state index contributed by atoms with van der Waals surface area (Å²) in [5.74, 6) is 0.949. The Morgan fingerprint density at radius 1 is 1.07 bits per heavy atom. The molecule has 0 aromatic rings. The van der Waals surface area contributed by atoms with Gasteiger partial charge in [-0.05, 0) is 43.6 Å². The largest absolute Gasteiger partial charge is 0.310 e. The zero-order valence-electron chi connectivity index (χ0n) is 10.0. The van der Waals surface area contributed by atoms with Crippen molar-refractivity contribution >= 4 is 0 Å². The van der Waals surface area contributed by atoms with Gasteiger partial charge in [0.15, 0.2) is 0 Å². The Bertz CT molecular complexity index is 190. The molecule has 0 radical (unpaired) electrons. The minimum Gasteiger partial charge on any atom is -0.310 e. The van der Waals surface area contributed by atoms with E-state index in [1.807, 2.05) is 0 Å². The molecule has 0 aromatic heterocycles. The van der Waals surface area contributed by atoms with Crippen molar-refractivity contribution in [2.45, 2.75) is 64.8 Å². The second kappa shape index (κ2) is 3.52. The molecule has 2 aliphatic rings. The van der Waals surface area contributed by atoms with Crippen molar-refractivity contribution in [1.29, 1.82) is 0 Å². The van der Waals surface area contributed by atoms with Crippen LogP contribution in [0.4, 0.5) is 0 Å². The summed E-state index contributed by atoms with van der Waals surface area (Å²) in [7, 11) is 0. The Labute approximate surface area is 88.7 Å². The molecule has 1 atom stereocenters. The van der Waals surface area contributed by atoms with E-state index in [9.17, 15) is 0 Å². The van der Waals surface area contributed by atoms with E-state index < -0.39 is 0 Å². The number of nitrogens with one attached hydrogen (secondary N) is 1. The first kappa shape index (κ1) is 10.5. The van der Waals surface area contributed by atoms with Crippen LogP contribution in [-0.4, -0.2) is 12.1 Å². The second-order valence-corrected chi connectivity index (χ2v) is 6.23. The quantitative estimate of drug-likeness (QED) is 0.676. The SMILES string of the molecule is CC(C)(C)C1(C2CCCC2)CCCN1. The monoisotopic (exact) mass is 195 g/mol. The van der Waals surface area contributed by atoms with Crippen LogP contribution >= 0.6 is 0 Å². The Hall–Kier alpha value is -0.0400. The molecule has 1 unspecified atom stereocenters. The normalized spacial score (nSPS) is 35.4. The van der Waals surface area contributed by atoms with Crippen molar-refractivity contribution in [3.8, 4) is 0 Å². The van der Waals surface area contributed by atoms with Crippen molar-refractivity contribution in [1.82, 2.24) is 5.32 Å². The highest BCUT2D eigenvalue weighted by Gasteiger charge is 2.49. The van der Waals surface area contributed by atoms with Gasteiger partial charge in [0.1, 0.15) is 0 Å². The lowest BCUT2D eigenvalue weighted by Crippen LogP contribution is -2.55. The van der Waals surface area contributed by atoms with Crippen molar-refractivity contribution in [3.63, 3.8) is 0 Å². The van der Waals surface area contributed by atoms with E-state index in [-0.39, 0.29) is 0 Å². The number of rotatable bonds is 1. The average molecular weight is 195 g/mol. The van der Waals surface area contributed by atoms with E-state index in [4.69, 9.17) is 0 Å².